The summed E-state index contributed by atoms with van der Waals surface area (Å²) in [6.45, 7) is 10.9. The number of hydrogen-bond acceptors (Lipinski definition) is 3. The lowest BCUT2D eigenvalue weighted by Gasteiger charge is -2.26. The first-order chi connectivity index (χ1) is 9.62. The minimum Gasteiger partial charge on any atom is -0.399 e. The molecule has 0 aliphatic rings. The number of nitrogens with zero attached hydrogens (tertiary/aromatic N) is 2. The van der Waals surface area contributed by atoms with Crippen LogP contribution in [0.2, 0.25) is 0 Å². The maximum Gasteiger partial charge on any atom is 0.253 e. The van der Waals surface area contributed by atoms with Gasteiger partial charge < -0.3 is 15.5 Å². The molecule has 0 aliphatic heterocycles. The molecule has 20 heavy (non-hydrogen) atoms. The SMILES string of the molecule is CCCN(CCN(CC)CC)C(=O)c1ccc(N)cc1. The van der Waals surface area contributed by atoms with E-state index in [1.165, 1.54) is 0 Å². The predicted molar refractivity (Wildman–Crippen MR) is 84.8 cm³/mol. The van der Waals surface area contributed by atoms with E-state index < -0.39 is 0 Å². The smallest absolute Gasteiger partial charge is 0.253 e. The molecular formula is C16H27N3O. The fraction of sp³-hybridized carbons (Fsp3) is 0.562. The number of nitrogens with two attached hydrogens (primary N) is 1. The summed E-state index contributed by atoms with van der Waals surface area (Å²) in [5, 5.41) is 0. The van der Waals surface area contributed by atoms with E-state index in [0.717, 1.165) is 39.1 Å². The van der Waals surface area contributed by atoms with Crippen LogP contribution in [0.5, 0.6) is 0 Å². The van der Waals surface area contributed by atoms with Crippen LogP contribution in [0, 0.1) is 0 Å². The van der Waals surface area contributed by atoms with Crippen LogP contribution < -0.4 is 5.73 Å². The van der Waals surface area contributed by atoms with Gasteiger partial charge in [-0.3, -0.25) is 4.79 Å². The van der Waals surface area contributed by atoms with Crippen LogP contribution in [0.15, 0.2) is 24.3 Å². The standard InChI is InChI=1S/C16H27N3O/c1-4-11-19(13-12-18(5-2)6-3)16(20)14-7-9-15(17)10-8-14/h7-10H,4-6,11-13,17H2,1-3H3. The van der Waals surface area contributed by atoms with Crippen LogP contribution in [-0.2, 0) is 0 Å². The predicted octanol–water partition coefficient (Wildman–Crippen LogP) is 2.46. The molecule has 0 saturated carbocycles. The molecule has 1 rings (SSSR count). The number of nitrogen functional groups attached to an aromatic ring is 1. The molecule has 1 aromatic rings. The highest BCUT2D eigenvalue weighted by atomic mass is 16.2. The van der Waals surface area contributed by atoms with E-state index in [1.807, 2.05) is 4.90 Å². The van der Waals surface area contributed by atoms with Crippen LogP contribution in [0.3, 0.4) is 0 Å². The average molecular weight is 277 g/mol. The highest BCUT2D eigenvalue weighted by Crippen LogP contribution is 2.09. The average Bonchev–Trinajstić information content (AvgIpc) is 2.47. The lowest BCUT2D eigenvalue weighted by molar-refractivity contribution is 0.0737. The van der Waals surface area contributed by atoms with Gasteiger partial charge in [0.2, 0.25) is 0 Å². The van der Waals surface area contributed by atoms with E-state index in [0.29, 0.717) is 11.3 Å². The van der Waals surface area contributed by atoms with Gasteiger partial charge in [0.25, 0.3) is 5.91 Å². The van der Waals surface area contributed by atoms with Crippen molar-refractivity contribution in [3.63, 3.8) is 0 Å². The fourth-order valence-electron chi connectivity index (χ4n) is 2.20. The topological polar surface area (TPSA) is 49.6 Å². The van der Waals surface area contributed by atoms with E-state index in [2.05, 4.69) is 25.7 Å². The minimum absolute atomic E-state index is 0.0963. The van der Waals surface area contributed by atoms with Gasteiger partial charge >= 0.3 is 0 Å². The zero-order valence-electron chi connectivity index (χ0n) is 12.9. The van der Waals surface area contributed by atoms with E-state index >= 15 is 0 Å². The number of carbonyl (C=O) groups excluding carboxylic acids is 1. The first-order valence-corrected chi connectivity index (χ1v) is 7.49. The highest BCUT2D eigenvalue weighted by Gasteiger charge is 2.15. The normalized spacial score (nSPS) is 10.8. The van der Waals surface area contributed by atoms with Crippen LogP contribution in [0.25, 0.3) is 0 Å². The van der Waals surface area contributed by atoms with E-state index in [1.54, 1.807) is 24.3 Å². The number of rotatable bonds is 8. The molecule has 0 atom stereocenters. The number of likely N-dealkylation sites (N-methyl/N-ethyl adjacent to an activating group) is 1. The summed E-state index contributed by atoms with van der Waals surface area (Å²) in [5.41, 5.74) is 7.07. The maximum absolute atomic E-state index is 12.5. The summed E-state index contributed by atoms with van der Waals surface area (Å²) in [7, 11) is 0. The Labute approximate surface area is 122 Å². The third-order valence-electron chi connectivity index (χ3n) is 3.52. The van der Waals surface area contributed by atoms with Gasteiger partial charge in [-0.05, 0) is 43.8 Å². The van der Waals surface area contributed by atoms with Gasteiger partial charge in [-0.15, -0.1) is 0 Å². The molecular weight excluding hydrogens is 250 g/mol. The quantitative estimate of drug-likeness (QED) is 0.743. The Bertz CT molecular complexity index is 399. The van der Waals surface area contributed by atoms with Crippen LogP contribution in [0.1, 0.15) is 37.6 Å². The van der Waals surface area contributed by atoms with Gasteiger partial charge in [0, 0.05) is 30.9 Å². The molecule has 2 N–H and O–H groups in total. The monoisotopic (exact) mass is 277 g/mol. The Morgan fingerprint density at radius 3 is 2.10 bits per heavy atom. The van der Waals surface area contributed by atoms with Crippen molar-refractivity contribution in [3.05, 3.63) is 29.8 Å². The zero-order valence-corrected chi connectivity index (χ0v) is 12.9. The van der Waals surface area contributed by atoms with Crippen molar-refractivity contribution in [3.8, 4) is 0 Å². The van der Waals surface area contributed by atoms with Crippen molar-refractivity contribution in [2.45, 2.75) is 27.2 Å². The Morgan fingerprint density at radius 1 is 1.00 bits per heavy atom. The van der Waals surface area contributed by atoms with Crippen LogP contribution in [0.4, 0.5) is 5.69 Å². The first-order valence-electron chi connectivity index (χ1n) is 7.49. The zero-order chi connectivity index (χ0) is 15.0. The van der Waals surface area contributed by atoms with E-state index in [-0.39, 0.29) is 5.91 Å². The maximum atomic E-state index is 12.5. The second kappa shape index (κ2) is 8.59. The second-order valence-electron chi connectivity index (χ2n) is 4.94. The van der Waals surface area contributed by atoms with Crippen molar-refractivity contribution in [1.29, 1.82) is 0 Å². The number of benzene rings is 1. The number of hydrogen-bond donors (Lipinski definition) is 1. The number of amides is 1. The molecule has 0 heterocycles. The molecule has 0 aliphatic carbocycles. The fourth-order valence-corrected chi connectivity index (χ4v) is 2.20. The molecule has 0 bridgehead atoms. The lowest BCUT2D eigenvalue weighted by Crippen LogP contribution is -2.39. The molecule has 1 amide bonds. The lowest BCUT2D eigenvalue weighted by atomic mass is 10.1. The summed E-state index contributed by atoms with van der Waals surface area (Å²) in [6, 6.07) is 7.17. The molecule has 0 aromatic heterocycles. The third kappa shape index (κ3) is 4.85. The molecule has 0 spiro atoms. The largest absolute Gasteiger partial charge is 0.399 e. The van der Waals surface area contributed by atoms with Crippen molar-refractivity contribution in [2.75, 3.05) is 38.5 Å². The third-order valence-corrected chi connectivity index (χ3v) is 3.52. The molecule has 0 fully saturated rings. The van der Waals surface area contributed by atoms with Gasteiger partial charge in [0.1, 0.15) is 0 Å². The Hall–Kier alpha value is -1.55. The molecule has 1 aromatic carbocycles. The van der Waals surface area contributed by atoms with Gasteiger partial charge in [-0.1, -0.05) is 20.8 Å². The summed E-state index contributed by atoms with van der Waals surface area (Å²) >= 11 is 0. The van der Waals surface area contributed by atoms with Gasteiger partial charge in [-0.2, -0.15) is 0 Å². The van der Waals surface area contributed by atoms with Crippen molar-refractivity contribution < 1.29 is 4.79 Å². The molecule has 0 unspecified atom stereocenters. The summed E-state index contributed by atoms with van der Waals surface area (Å²) in [4.78, 5) is 16.8. The van der Waals surface area contributed by atoms with Gasteiger partial charge in [0.15, 0.2) is 0 Å². The number of carbonyl (C=O) groups is 1. The van der Waals surface area contributed by atoms with Crippen molar-refractivity contribution >= 4 is 11.6 Å². The summed E-state index contributed by atoms with van der Waals surface area (Å²) in [6.07, 6.45) is 0.971. The summed E-state index contributed by atoms with van der Waals surface area (Å²) < 4.78 is 0. The Kier molecular flexibility index (Phi) is 7.09. The molecule has 0 radical (unpaired) electrons. The Morgan fingerprint density at radius 2 is 1.60 bits per heavy atom. The highest BCUT2D eigenvalue weighted by molar-refractivity contribution is 5.94. The van der Waals surface area contributed by atoms with Crippen LogP contribution >= 0.6 is 0 Å². The Balaban J connectivity index is 2.69. The van der Waals surface area contributed by atoms with Gasteiger partial charge in [0.05, 0.1) is 0 Å². The van der Waals surface area contributed by atoms with E-state index in [4.69, 9.17) is 5.73 Å². The summed E-state index contributed by atoms with van der Waals surface area (Å²) in [5.74, 6) is 0.0963. The minimum atomic E-state index is 0.0963. The molecule has 112 valence electrons. The molecule has 0 saturated heterocycles. The van der Waals surface area contributed by atoms with Crippen LogP contribution in [-0.4, -0.2) is 48.4 Å². The second-order valence-corrected chi connectivity index (χ2v) is 4.94. The van der Waals surface area contributed by atoms with Crippen molar-refractivity contribution in [1.82, 2.24) is 9.80 Å². The van der Waals surface area contributed by atoms with Crippen molar-refractivity contribution in [2.24, 2.45) is 0 Å². The number of anilines is 1. The first kappa shape index (κ1) is 16.5. The molecule has 4 heteroatoms. The van der Waals surface area contributed by atoms with E-state index in [9.17, 15) is 4.79 Å². The van der Waals surface area contributed by atoms with Gasteiger partial charge in [-0.25, -0.2) is 0 Å². The molecule has 4 nitrogen and oxygen atoms in total.